The highest BCUT2D eigenvalue weighted by Gasteiger charge is 2.28. The highest BCUT2D eigenvalue weighted by Crippen LogP contribution is 2.37. The van der Waals surface area contributed by atoms with Crippen LogP contribution in [0.5, 0.6) is 11.5 Å². The Labute approximate surface area is 160 Å². The summed E-state index contributed by atoms with van der Waals surface area (Å²) in [5, 5.41) is 0. The van der Waals surface area contributed by atoms with Crippen molar-refractivity contribution in [3.63, 3.8) is 0 Å². The number of carbonyl (C=O) groups excluding carboxylic acids is 1. The SMILES string of the molecule is CN1C(=O)c2cc(S(=O)(=O)Nc3ccc(F)cc3)ccc2Oc2cccnc21. The molecule has 1 amide bonds. The van der Waals surface area contributed by atoms with E-state index < -0.39 is 21.7 Å². The summed E-state index contributed by atoms with van der Waals surface area (Å²) in [5.74, 6) is 0.0113. The van der Waals surface area contributed by atoms with Crippen LogP contribution >= 0.6 is 0 Å². The number of ether oxygens (including phenoxy) is 1. The molecule has 3 aromatic rings. The van der Waals surface area contributed by atoms with Gasteiger partial charge in [-0.15, -0.1) is 0 Å². The number of halogens is 1. The average molecular weight is 399 g/mol. The number of nitrogens with one attached hydrogen (secondary N) is 1. The van der Waals surface area contributed by atoms with Crippen molar-refractivity contribution in [2.45, 2.75) is 4.90 Å². The van der Waals surface area contributed by atoms with Gasteiger partial charge >= 0.3 is 0 Å². The largest absolute Gasteiger partial charge is 0.453 e. The molecule has 28 heavy (non-hydrogen) atoms. The maximum Gasteiger partial charge on any atom is 0.263 e. The summed E-state index contributed by atoms with van der Waals surface area (Å²) >= 11 is 0. The Hall–Kier alpha value is -3.46. The van der Waals surface area contributed by atoms with E-state index in [0.717, 1.165) is 12.1 Å². The van der Waals surface area contributed by atoms with E-state index >= 15 is 0 Å². The molecule has 142 valence electrons. The van der Waals surface area contributed by atoms with Gasteiger partial charge in [-0.25, -0.2) is 17.8 Å². The van der Waals surface area contributed by atoms with Gasteiger partial charge < -0.3 is 4.74 Å². The first-order valence-electron chi connectivity index (χ1n) is 8.18. The smallest absolute Gasteiger partial charge is 0.263 e. The van der Waals surface area contributed by atoms with E-state index in [4.69, 9.17) is 4.74 Å². The monoisotopic (exact) mass is 399 g/mol. The third-order valence-corrected chi connectivity index (χ3v) is 5.56. The second-order valence-electron chi connectivity index (χ2n) is 6.06. The summed E-state index contributed by atoms with van der Waals surface area (Å²) in [7, 11) is -2.46. The number of sulfonamides is 1. The van der Waals surface area contributed by atoms with Gasteiger partial charge in [-0.3, -0.25) is 14.4 Å². The fourth-order valence-electron chi connectivity index (χ4n) is 2.77. The number of hydrogen-bond donors (Lipinski definition) is 1. The lowest BCUT2D eigenvalue weighted by Crippen LogP contribution is -2.26. The number of nitrogens with zero attached hydrogens (tertiary/aromatic N) is 2. The maximum atomic E-state index is 13.0. The Morgan fingerprint density at radius 1 is 1.07 bits per heavy atom. The lowest BCUT2D eigenvalue weighted by atomic mass is 10.2. The van der Waals surface area contributed by atoms with E-state index in [2.05, 4.69) is 9.71 Å². The molecule has 0 atom stereocenters. The quantitative estimate of drug-likeness (QED) is 0.729. The van der Waals surface area contributed by atoms with Gasteiger partial charge in [0.2, 0.25) is 0 Å². The van der Waals surface area contributed by atoms with Gasteiger partial charge in [0.05, 0.1) is 10.5 Å². The van der Waals surface area contributed by atoms with Crippen LogP contribution < -0.4 is 14.4 Å². The molecule has 0 saturated carbocycles. The molecule has 4 rings (SSSR count). The van der Waals surface area contributed by atoms with Crippen LogP contribution in [0.15, 0.2) is 65.7 Å². The van der Waals surface area contributed by atoms with Crippen LogP contribution in [-0.2, 0) is 10.0 Å². The number of anilines is 2. The predicted octanol–water partition coefficient (Wildman–Crippen LogP) is 3.40. The van der Waals surface area contributed by atoms with Gasteiger partial charge in [0.25, 0.3) is 15.9 Å². The minimum absolute atomic E-state index is 0.0856. The predicted molar refractivity (Wildman–Crippen MR) is 101 cm³/mol. The number of carbonyl (C=O) groups is 1. The highest BCUT2D eigenvalue weighted by molar-refractivity contribution is 7.92. The molecule has 0 bridgehead atoms. The fourth-order valence-corrected chi connectivity index (χ4v) is 3.86. The van der Waals surface area contributed by atoms with Crippen LogP contribution in [0.2, 0.25) is 0 Å². The summed E-state index contributed by atoms with van der Waals surface area (Å²) in [4.78, 5) is 18.1. The Kier molecular flexibility index (Phi) is 4.23. The molecule has 9 heteroatoms. The van der Waals surface area contributed by atoms with Gasteiger partial charge in [-0.1, -0.05) is 0 Å². The lowest BCUT2D eigenvalue weighted by Gasteiger charge is -2.14. The molecule has 1 N–H and O–H groups in total. The number of amides is 1. The molecule has 1 aromatic heterocycles. The molecular formula is C19H14FN3O4S. The van der Waals surface area contributed by atoms with E-state index in [0.29, 0.717) is 11.6 Å². The molecule has 2 aromatic carbocycles. The molecule has 7 nitrogen and oxygen atoms in total. The van der Waals surface area contributed by atoms with Crippen molar-refractivity contribution in [3.05, 3.63) is 72.2 Å². The number of pyridine rings is 1. The minimum Gasteiger partial charge on any atom is -0.453 e. The van der Waals surface area contributed by atoms with E-state index in [9.17, 15) is 17.6 Å². The Bertz CT molecular complexity index is 1180. The van der Waals surface area contributed by atoms with Crippen molar-refractivity contribution in [1.82, 2.24) is 4.98 Å². The molecule has 1 aliphatic heterocycles. The third-order valence-electron chi connectivity index (χ3n) is 4.18. The summed E-state index contributed by atoms with van der Waals surface area (Å²) in [5.41, 5.74) is 0.287. The molecule has 0 radical (unpaired) electrons. The first kappa shape index (κ1) is 17.9. The van der Waals surface area contributed by atoms with Crippen LogP contribution in [0.1, 0.15) is 10.4 Å². The number of rotatable bonds is 3. The van der Waals surface area contributed by atoms with E-state index in [1.165, 1.54) is 48.5 Å². The maximum absolute atomic E-state index is 13.0. The topological polar surface area (TPSA) is 88.6 Å². The Balaban J connectivity index is 1.73. The molecule has 1 aliphatic rings. The summed E-state index contributed by atoms with van der Waals surface area (Å²) in [6, 6.07) is 12.2. The van der Waals surface area contributed by atoms with Crippen molar-refractivity contribution in [2.75, 3.05) is 16.7 Å². The van der Waals surface area contributed by atoms with Crippen LogP contribution in [0.4, 0.5) is 15.9 Å². The van der Waals surface area contributed by atoms with Crippen LogP contribution in [-0.4, -0.2) is 26.4 Å². The van der Waals surface area contributed by atoms with Gasteiger partial charge in [-0.05, 0) is 54.6 Å². The van der Waals surface area contributed by atoms with Crippen LogP contribution in [0.3, 0.4) is 0 Å². The van der Waals surface area contributed by atoms with E-state index in [-0.39, 0.29) is 21.9 Å². The molecule has 0 aliphatic carbocycles. The molecule has 0 spiro atoms. The second-order valence-corrected chi connectivity index (χ2v) is 7.74. The Morgan fingerprint density at radius 2 is 1.82 bits per heavy atom. The zero-order valence-electron chi connectivity index (χ0n) is 14.6. The molecule has 0 unspecified atom stereocenters. The normalized spacial score (nSPS) is 13.2. The highest BCUT2D eigenvalue weighted by atomic mass is 32.2. The van der Waals surface area contributed by atoms with E-state index in [1.54, 1.807) is 12.1 Å². The zero-order valence-corrected chi connectivity index (χ0v) is 15.4. The zero-order chi connectivity index (χ0) is 19.9. The van der Waals surface area contributed by atoms with Crippen LogP contribution in [0.25, 0.3) is 0 Å². The standard InChI is InChI=1S/C19H14FN3O4S/c1-23-18-17(3-2-10-21-18)27-16-9-8-14(11-15(16)19(23)24)28(25,26)22-13-6-4-12(20)5-7-13/h2-11,22H,1H3. The minimum atomic E-state index is -3.99. The first-order chi connectivity index (χ1) is 13.3. The molecule has 0 saturated heterocycles. The van der Waals surface area contributed by atoms with Gasteiger partial charge in [-0.2, -0.15) is 0 Å². The van der Waals surface area contributed by atoms with Crippen molar-refractivity contribution in [1.29, 1.82) is 0 Å². The van der Waals surface area contributed by atoms with Crippen molar-refractivity contribution >= 4 is 27.4 Å². The van der Waals surface area contributed by atoms with Gasteiger partial charge in [0.15, 0.2) is 11.6 Å². The summed E-state index contributed by atoms with van der Waals surface area (Å²) < 4.78 is 46.5. The number of aromatic nitrogens is 1. The van der Waals surface area contributed by atoms with Crippen molar-refractivity contribution in [2.24, 2.45) is 0 Å². The Morgan fingerprint density at radius 3 is 2.57 bits per heavy atom. The molecular weight excluding hydrogens is 385 g/mol. The summed E-state index contributed by atoms with van der Waals surface area (Å²) in [6.45, 7) is 0. The van der Waals surface area contributed by atoms with Gasteiger partial charge in [0.1, 0.15) is 11.6 Å². The molecule has 2 heterocycles. The number of hydrogen-bond acceptors (Lipinski definition) is 5. The lowest BCUT2D eigenvalue weighted by molar-refractivity contribution is 0.0992. The first-order valence-corrected chi connectivity index (χ1v) is 9.67. The van der Waals surface area contributed by atoms with Crippen molar-refractivity contribution < 1.29 is 22.3 Å². The summed E-state index contributed by atoms with van der Waals surface area (Å²) in [6.07, 6.45) is 1.53. The number of benzene rings is 2. The van der Waals surface area contributed by atoms with Crippen molar-refractivity contribution in [3.8, 4) is 11.5 Å². The fraction of sp³-hybridized carbons (Fsp3) is 0.0526. The third kappa shape index (κ3) is 3.16. The molecule has 0 fully saturated rings. The average Bonchev–Trinajstić information content (AvgIpc) is 2.79. The van der Waals surface area contributed by atoms with E-state index in [1.807, 2.05) is 0 Å². The number of fused-ring (bicyclic) bond motifs is 2. The van der Waals surface area contributed by atoms with Crippen LogP contribution in [0, 0.1) is 5.82 Å². The van der Waals surface area contributed by atoms with Gasteiger partial charge in [0, 0.05) is 18.9 Å². The second kappa shape index (κ2) is 6.61.